The van der Waals surface area contributed by atoms with Gasteiger partial charge in [-0.25, -0.2) is 0 Å². The van der Waals surface area contributed by atoms with Gasteiger partial charge in [0.2, 0.25) is 17.6 Å². The monoisotopic (exact) mass is 263 g/mol. The van der Waals surface area contributed by atoms with Crippen LogP contribution in [0.25, 0.3) is 11.5 Å². The summed E-state index contributed by atoms with van der Waals surface area (Å²) in [5.41, 5.74) is 6.02. The molecule has 0 saturated carbocycles. The third-order valence-electron chi connectivity index (χ3n) is 2.76. The average Bonchev–Trinajstić information content (AvgIpc) is 2.89. The lowest BCUT2D eigenvalue weighted by molar-refractivity contribution is 0.284. The van der Waals surface area contributed by atoms with Gasteiger partial charge < -0.3 is 15.0 Å². The molecule has 0 radical (unpaired) electrons. The molecule has 2 rings (SSSR count). The smallest absolute Gasteiger partial charge is 0.246 e. The Kier molecular flexibility index (Phi) is 3.75. The van der Waals surface area contributed by atoms with Crippen molar-refractivity contribution in [3.63, 3.8) is 0 Å². The molecule has 19 heavy (non-hydrogen) atoms. The third-order valence-corrected chi connectivity index (χ3v) is 2.76. The molecule has 0 spiro atoms. The molecule has 102 valence electrons. The molecule has 0 bridgehead atoms. The Bertz CT molecular complexity index is 535. The number of methoxy groups -OCH3 is 1. The van der Waals surface area contributed by atoms with Crippen LogP contribution in [0.1, 0.15) is 32.6 Å². The van der Waals surface area contributed by atoms with Crippen LogP contribution in [0.5, 0.6) is 5.88 Å². The van der Waals surface area contributed by atoms with Gasteiger partial charge in [0, 0.05) is 6.07 Å². The summed E-state index contributed by atoms with van der Waals surface area (Å²) in [7, 11) is 1.53. The van der Waals surface area contributed by atoms with E-state index in [2.05, 4.69) is 27.3 Å². The van der Waals surface area contributed by atoms with Crippen LogP contribution in [0.4, 0.5) is 0 Å². The van der Waals surface area contributed by atoms with E-state index in [1.54, 1.807) is 12.1 Å². The molecule has 7 nitrogen and oxygen atoms in total. The van der Waals surface area contributed by atoms with E-state index in [1.165, 1.54) is 7.11 Å². The summed E-state index contributed by atoms with van der Waals surface area (Å²) in [5, 5.41) is 11.7. The van der Waals surface area contributed by atoms with E-state index in [4.69, 9.17) is 15.0 Å². The molecule has 0 aliphatic heterocycles. The fourth-order valence-electron chi connectivity index (χ4n) is 1.73. The van der Waals surface area contributed by atoms with Crippen LogP contribution < -0.4 is 10.5 Å². The van der Waals surface area contributed by atoms with Gasteiger partial charge in [0.05, 0.1) is 12.6 Å². The highest BCUT2D eigenvalue weighted by atomic mass is 16.5. The fourth-order valence-corrected chi connectivity index (χ4v) is 1.73. The van der Waals surface area contributed by atoms with Crippen LogP contribution in [0, 0.1) is 0 Å². The van der Waals surface area contributed by atoms with Crippen molar-refractivity contribution in [2.45, 2.75) is 32.2 Å². The quantitative estimate of drug-likeness (QED) is 0.872. The predicted octanol–water partition coefficient (Wildman–Crippen LogP) is 1.51. The molecule has 2 N–H and O–H groups in total. The molecule has 0 aromatic carbocycles. The highest BCUT2D eigenvalue weighted by Gasteiger charge is 2.27. The highest BCUT2D eigenvalue weighted by Crippen LogP contribution is 2.23. The van der Waals surface area contributed by atoms with E-state index in [0.29, 0.717) is 23.3 Å². The van der Waals surface area contributed by atoms with Crippen LogP contribution in [-0.2, 0) is 5.54 Å². The summed E-state index contributed by atoms with van der Waals surface area (Å²) >= 11 is 0. The molecule has 0 aliphatic carbocycles. The number of aromatic nitrogens is 4. The van der Waals surface area contributed by atoms with Crippen molar-refractivity contribution in [3.05, 3.63) is 18.0 Å². The third kappa shape index (κ3) is 2.87. The van der Waals surface area contributed by atoms with E-state index in [0.717, 1.165) is 12.8 Å². The van der Waals surface area contributed by atoms with Gasteiger partial charge in [-0.05, 0) is 19.4 Å². The first-order chi connectivity index (χ1) is 9.06. The fraction of sp³-hybridized carbons (Fsp3) is 0.500. The first kappa shape index (κ1) is 13.4. The molecule has 1 atom stereocenters. The molecule has 0 fully saturated rings. The Morgan fingerprint density at radius 1 is 1.37 bits per heavy atom. The number of ether oxygens (including phenoxy) is 1. The zero-order valence-corrected chi connectivity index (χ0v) is 11.3. The normalized spacial score (nSPS) is 14.1. The van der Waals surface area contributed by atoms with Crippen molar-refractivity contribution in [2.75, 3.05) is 7.11 Å². The summed E-state index contributed by atoms with van der Waals surface area (Å²) in [6.45, 7) is 3.92. The van der Waals surface area contributed by atoms with E-state index >= 15 is 0 Å². The largest absolute Gasteiger partial charge is 0.480 e. The second-order valence-corrected chi connectivity index (χ2v) is 4.55. The standard InChI is InChI=1S/C12H17N5O2/c1-4-7-12(2,13)11-14-10(17-19-11)8-5-6-9(18-3)16-15-8/h5-6H,4,7,13H2,1-3H3. The number of hydrogen-bond donors (Lipinski definition) is 1. The van der Waals surface area contributed by atoms with Gasteiger partial charge in [-0.15, -0.1) is 10.2 Å². The number of nitrogens with zero attached hydrogens (tertiary/aromatic N) is 4. The van der Waals surface area contributed by atoms with E-state index in [9.17, 15) is 0 Å². The van der Waals surface area contributed by atoms with Gasteiger partial charge in [-0.2, -0.15) is 4.98 Å². The summed E-state index contributed by atoms with van der Waals surface area (Å²) in [4.78, 5) is 4.28. The van der Waals surface area contributed by atoms with Crippen molar-refractivity contribution < 1.29 is 9.26 Å². The van der Waals surface area contributed by atoms with Gasteiger partial charge >= 0.3 is 0 Å². The summed E-state index contributed by atoms with van der Waals surface area (Å²) in [6.07, 6.45) is 1.70. The second kappa shape index (κ2) is 5.31. The molecule has 1 unspecified atom stereocenters. The lowest BCUT2D eigenvalue weighted by Gasteiger charge is -2.18. The van der Waals surface area contributed by atoms with Crippen LogP contribution in [0.15, 0.2) is 16.7 Å². The maximum Gasteiger partial charge on any atom is 0.246 e. The molecule has 0 aliphatic rings. The minimum absolute atomic E-state index is 0.373. The minimum atomic E-state index is -0.625. The van der Waals surface area contributed by atoms with Gasteiger partial charge in [0.15, 0.2) is 0 Å². The van der Waals surface area contributed by atoms with Crippen LogP contribution >= 0.6 is 0 Å². The van der Waals surface area contributed by atoms with Crippen molar-refractivity contribution in [3.8, 4) is 17.4 Å². The Balaban J connectivity index is 2.25. The van der Waals surface area contributed by atoms with Gasteiger partial charge in [-0.3, -0.25) is 0 Å². The molecule has 0 saturated heterocycles. The summed E-state index contributed by atoms with van der Waals surface area (Å²) < 4.78 is 10.1. The van der Waals surface area contributed by atoms with Crippen molar-refractivity contribution in [2.24, 2.45) is 5.73 Å². The minimum Gasteiger partial charge on any atom is -0.480 e. The molecule has 0 amide bonds. The molecule has 2 aromatic rings. The first-order valence-corrected chi connectivity index (χ1v) is 6.08. The van der Waals surface area contributed by atoms with Gasteiger partial charge in [-0.1, -0.05) is 18.5 Å². The van der Waals surface area contributed by atoms with E-state index in [1.807, 2.05) is 6.92 Å². The molecular weight excluding hydrogens is 246 g/mol. The number of rotatable bonds is 5. The molecule has 2 aromatic heterocycles. The van der Waals surface area contributed by atoms with Crippen LogP contribution in [0.2, 0.25) is 0 Å². The summed E-state index contributed by atoms with van der Waals surface area (Å²) in [5.74, 6) is 1.21. The molecule has 2 heterocycles. The number of nitrogens with two attached hydrogens (primary N) is 1. The van der Waals surface area contributed by atoms with Gasteiger partial charge in [0.25, 0.3) is 0 Å². The lowest BCUT2D eigenvalue weighted by atomic mass is 9.98. The van der Waals surface area contributed by atoms with Gasteiger partial charge in [0.1, 0.15) is 5.69 Å². The molecular formula is C12H17N5O2. The average molecular weight is 263 g/mol. The second-order valence-electron chi connectivity index (χ2n) is 4.55. The Hall–Kier alpha value is -2.02. The molecule has 7 heteroatoms. The topological polar surface area (TPSA) is 100.0 Å². The maximum absolute atomic E-state index is 6.13. The predicted molar refractivity (Wildman–Crippen MR) is 68.3 cm³/mol. The van der Waals surface area contributed by atoms with E-state index < -0.39 is 5.54 Å². The van der Waals surface area contributed by atoms with Crippen molar-refractivity contribution in [1.29, 1.82) is 0 Å². The van der Waals surface area contributed by atoms with Crippen LogP contribution in [-0.4, -0.2) is 27.4 Å². The summed E-state index contributed by atoms with van der Waals surface area (Å²) in [6, 6.07) is 3.40. The maximum atomic E-state index is 6.13. The Labute approximate surface area is 111 Å². The first-order valence-electron chi connectivity index (χ1n) is 6.08. The lowest BCUT2D eigenvalue weighted by Crippen LogP contribution is -2.33. The Morgan fingerprint density at radius 2 is 2.16 bits per heavy atom. The van der Waals surface area contributed by atoms with Crippen molar-refractivity contribution in [1.82, 2.24) is 20.3 Å². The van der Waals surface area contributed by atoms with Crippen LogP contribution in [0.3, 0.4) is 0 Å². The Morgan fingerprint density at radius 3 is 2.74 bits per heavy atom. The zero-order valence-electron chi connectivity index (χ0n) is 11.3. The van der Waals surface area contributed by atoms with Crippen molar-refractivity contribution >= 4 is 0 Å². The van der Waals surface area contributed by atoms with E-state index in [-0.39, 0.29) is 0 Å². The number of hydrogen-bond acceptors (Lipinski definition) is 7. The highest BCUT2D eigenvalue weighted by molar-refractivity contribution is 5.47. The SMILES string of the molecule is CCCC(C)(N)c1nc(-c2ccc(OC)nn2)no1. The zero-order chi connectivity index (χ0) is 13.9.